The summed E-state index contributed by atoms with van der Waals surface area (Å²) in [4.78, 5) is 0. The van der Waals surface area contributed by atoms with Crippen molar-refractivity contribution in [2.75, 3.05) is 26.4 Å². The minimum Gasteiger partial charge on any atom is -0.394 e. The predicted molar refractivity (Wildman–Crippen MR) is 54.9 cm³/mol. The van der Waals surface area contributed by atoms with Crippen LogP contribution in [0.3, 0.4) is 0 Å². The molecule has 0 bridgehead atoms. The summed E-state index contributed by atoms with van der Waals surface area (Å²) in [7, 11) is 0. The molecule has 0 aromatic rings. The number of hydrogen-bond donors (Lipinski definition) is 2. The fraction of sp³-hybridized carbons (Fsp3) is 1.00. The van der Waals surface area contributed by atoms with Crippen LogP contribution < -0.4 is 5.32 Å². The van der Waals surface area contributed by atoms with Crippen LogP contribution in [0, 0.1) is 0 Å². The number of nitrogens with one attached hydrogen (secondary N) is 1. The van der Waals surface area contributed by atoms with E-state index in [0.29, 0.717) is 0 Å². The van der Waals surface area contributed by atoms with E-state index in [4.69, 9.17) is 9.84 Å². The largest absolute Gasteiger partial charge is 0.394 e. The van der Waals surface area contributed by atoms with Crippen molar-refractivity contribution in [1.29, 1.82) is 0 Å². The van der Waals surface area contributed by atoms with Gasteiger partial charge in [0, 0.05) is 18.8 Å². The fourth-order valence-corrected chi connectivity index (χ4v) is 1.19. The summed E-state index contributed by atoms with van der Waals surface area (Å²) in [6.45, 7) is 8.73. The number of likely N-dealkylation sites (N-methyl/N-ethyl adjacent to an activating group) is 1. The summed E-state index contributed by atoms with van der Waals surface area (Å²) >= 11 is 0. The van der Waals surface area contributed by atoms with Gasteiger partial charge in [0.15, 0.2) is 0 Å². The molecule has 0 rings (SSSR count). The van der Waals surface area contributed by atoms with Crippen LogP contribution in [0.5, 0.6) is 0 Å². The van der Waals surface area contributed by atoms with Gasteiger partial charge in [-0.2, -0.15) is 0 Å². The molecule has 0 aliphatic heterocycles. The maximum atomic E-state index is 9.15. The van der Waals surface area contributed by atoms with E-state index in [0.717, 1.165) is 32.6 Å². The van der Waals surface area contributed by atoms with Crippen LogP contribution in [-0.2, 0) is 4.74 Å². The maximum Gasteiger partial charge on any atom is 0.0611 e. The molecule has 0 amide bonds. The van der Waals surface area contributed by atoms with Crippen molar-refractivity contribution >= 4 is 0 Å². The van der Waals surface area contributed by atoms with Gasteiger partial charge >= 0.3 is 0 Å². The van der Waals surface area contributed by atoms with Crippen LogP contribution in [0.25, 0.3) is 0 Å². The SMILES string of the molecule is CCCOCCC(C)(CO)NCC. The van der Waals surface area contributed by atoms with E-state index in [-0.39, 0.29) is 12.1 Å². The van der Waals surface area contributed by atoms with Crippen LogP contribution in [-0.4, -0.2) is 37.0 Å². The number of hydrogen-bond acceptors (Lipinski definition) is 3. The Hall–Kier alpha value is -0.120. The molecule has 0 radical (unpaired) electrons. The standard InChI is InChI=1S/C10H23NO2/c1-4-7-13-8-6-10(3,9-12)11-5-2/h11-12H,4-9H2,1-3H3. The first-order chi connectivity index (χ1) is 6.18. The minimum absolute atomic E-state index is 0.163. The highest BCUT2D eigenvalue weighted by atomic mass is 16.5. The summed E-state index contributed by atoms with van der Waals surface area (Å²) < 4.78 is 5.38. The smallest absolute Gasteiger partial charge is 0.0611 e. The first-order valence-corrected chi connectivity index (χ1v) is 5.12. The van der Waals surface area contributed by atoms with E-state index in [1.54, 1.807) is 0 Å². The highest BCUT2D eigenvalue weighted by Gasteiger charge is 2.20. The molecule has 0 heterocycles. The first kappa shape index (κ1) is 12.9. The van der Waals surface area contributed by atoms with E-state index in [1.807, 2.05) is 13.8 Å². The molecule has 1 atom stereocenters. The molecule has 3 heteroatoms. The molecule has 80 valence electrons. The van der Waals surface area contributed by atoms with Crippen LogP contribution >= 0.6 is 0 Å². The second-order valence-corrected chi connectivity index (χ2v) is 3.61. The summed E-state index contributed by atoms with van der Waals surface area (Å²) in [6, 6.07) is 0. The second-order valence-electron chi connectivity index (χ2n) is 3.61. The molecule has 0 saturated heterocycles. The number of rotatable bonds is 8. The lowest BCUT2D eigenvalue weighted by atomic mass is 10.00. The Morgan fingerprint density at radius 1 is 1.31 bits per heavy atom. The quantitative estimate of drug-likeness (QED) is 0.563. The van der Waals surface area contributed by atoms with Crippen molar-refractivity contribution in [3.8, 4) is 0 Å². The van der Waals surface area contributed by atoms with Gasteiger partial charge in [0.1, 0.15) is 0 Å². The molecule has 0 aromatic heterocycles. The molecule has 1 unspecified atom stereocenters. The average Bonchev–Trinajstić information content (AvgIpc) is 2.13. The molecule has 0 fully saturated rings. The van der Waals surface area contributed by atoms with Crippen LogP contribution in [0.4, 0.5) is 0 Å². The van der Waals surface area contributed by atoms with Gasteiger partial charge in [-0.05, 0) is 26.3 Å². The Kier molecular flexibility index (Phi) is 7.23. The Labute approximate surface area is 81.5 Å². The summed E-state index contributed by atoms with van der Waals surface area (Å²) in [6.07, 6.45) is 1.91. The molecule has 0 aliphatic carbocycles. The van der Waals surface area contributed by atoms with Crippen molar-refractivity contribution in [3.63, 3.8) is 0 Å². The number of aliphatic hydroxyl groups is 1. The van der Waals surface area contributed by atoms with E-state index < -0.39 is 0 Å². The van der Waals surface area contributed by atoms with Gasteiger partial charge in [-0.25, -0.2) is 0 Å². The van der Waals surface area contributed by atoms with Crippen molar-refractivity contribution in [3.05, 3.63) is 0 Å². The normalized spacial score (nSPS) is 15.7. The van der Waals surface area contributed by atoms with Gasteiger partial charge in [-0.15, -0.1) is 0 Å². The average molecular weight is 189 g/mol. The van der Waals surface area contributed by atoms with Gasteiger partial charge in [-0.1, -0.05) is 13.8 Å². The first-order valence-electron chi connectivity index (χ1n) is 5.12. The molecule has 0 spiro atoms. The molecule has 0 aliphatic rings. The van der Waals surface area contributed by atoms with Crippen molar-refractivity contribution in [2.24, 2.45) is 0 Å². The van der Waals surface area contributed by atoms with E-state index in [9.17, 15) is 0 Å². The Balaban J connectivity index is 3.57. The molecule has 3 nitrogen and oxygen atoms in total. The topological polar surface area (TPSA) is 41.5 Å². The monoisotopic (exact) mass is 189 g/mol. The van der Waals surface area contributed by atoms with Crippen LogP contribution in [0.1, 0.15) is 33.6 Å². The fourth-order valence-electron chi connectivity index (χ4n) is 1.19. The predicted octanol–water partition coefficient (Wildman–Crippen LogP) is 1.16. The molecule has 13 heavy (non-hydrogen) atoms. The molecule has 2 N–H and O–H groups in total. The van der Waals surface area contributed by atoms with E-state index >= 15 is 0 Å². The lowest BCUT2D eigenvalue weighted by molar-refractivity contribution is 0.0880. The van der Waals surface area contributed by atoms with Crippen LogP contribution in [0.2, 0.25) is 0 Å². The zero-order valence-corrected chi connectivity index (χ0v) is 9.10. The van der Waals surface area contributed by atoms with Gasteiger partial charge in [0.25, 0.3) is 0 Å². The van der Waals surface area contributed by atoms with Gasteiger partial charge in [0.05, 0.1) is 6.61 Å². The third-order valence-electron chi connectivity index (χ3n) is 2.10. The zero-order valence-electron chi connectivity index (χ0n) is 9.10. The zero-order chi connectivity index (χ0) is 10.2. The summed E-state index contributed by atoms with van der Waals surface area (Å²) in [5.41, 5.74) is -0.178. The van der Waals surface area contributed by atoms with Gasteiger partial charge in [-0.3, -0.25) is 0 Å². The summed E-state index contributed by atoms with van der Waals surface area (Å²) in [5.74, 6) is 0. The van der Waals surface area contributed by atoms with E-state index in [2.05, 4.69) is 12.2 Å². The highest BCUT2D eigenvalue weighted by Crippen LogP contribution is 2.08. The van der Waals surface area contributed by atoms with Gasteiger partial charge in [0.2, 0.25) is 0 Å². The number of ether oxygens (including phenoxy) is 1. The van der Waals surface area contributed by atoms with Crippen LogP contribution in [0.15, 0.2) is 0 Å². The molecule has 0 aromatic carbocycles. The Morgan fingerprint density at radius 2 is 2.00 bits per heavy atom. The summed E-state index contributed by atoms with van der Waals surface area (Å²) in [5, 5.41) is 12.4. The maximum absolute atomic E-state index is 9.15. The second kappa shape index (κ2) is 7.30. The highest BCUT2D eigenvalue weighted by molar-refractivity contribution is 4.81. The minimum atomic E-state index is -0.178. The third-order valence-corrected chi connectivity index (χ3v) is 2.10. The molecule has 0 saturated carbocycles. The molecular formula is C10H23NO2. The van der Waals surface area contributed by atoms with Crippen molar-refractivity contribution in [1.82, 2.24) is 5.32 Å². The van der Waals surface area contributed by atoms with Gasteiger partial charge < -0.3 is 15.2 Å². The van der Waals surface area contributed by atoms with Crippen molar-refractivity contribution < 1.29 is 9.84 Å². The Morgan fingerprint density at radius 3 is 2.46 bits per heavy atom. The lowest BCUT2D eigenvalue weighted by Crippen LogP contribution is -2.46. The lowest BCUT2D eigenvalue weighted by Gasteiger charge is -2.28. The van der Waals surface area contributed by atoms with Crippen molar-refractivity contribution in [2.45, 2.75) is 39.2 Å². The third kappa shape index (κ3) is 6.02. The van der Waals surface area contributed by atoms with E-state index in [1.165, 1.54) is 0 Å². The number of aliphatic hydroxyl groups excluding tert-OH is 1. The molecular weight excluding hydrogens is 166 g/mol. The Bertz CT molecular complexity index is 119.